The molecule has 1 aromatic carbocycles. The van der Waals surface area contributed by atoms with Crippen LogP contribution in [-0.2, 0) is 13.0 Å². The minimum Gasteiger partial charge on any atom is -0.333 e. The molecule has 0 fully saturated rings. The van der Waals surface area contributed by atoms with Crippen molar-refractivity contribution >= 4 is 28.3 Å². The van der Waals surface area contributed by atoms with E-state index in [4.69, 9.17) is 0 Å². The second-order valence-electron chi connectivity index (χ2n) is 6.16. The monoisotopic (exact) mass is 400 g/mol. The maximum Gasteiger partial charge on any atom is 0.276 e. The Kier molecular flexibility index (Phi) is 4.82. The van der Waals surface area contributed by atoms with Gasteiger partial charge in [-0.3, -0.25) is 19.9 Å². The number of anilines is 1. The molecular weight excluding hydrogens is 386 g/mol. The minimum absolute atomic E-state index is 0.0931. The fraction of sp³-hybridized carbons (Fsp3) is 0.158. The first-order valence-electron chi connectivity index (χ1n) is 8.46. The number of aromatic nitrogens is 2. The number of thiazole rings is 1. The summed E-state index contributed by atoms with van der Waals surface area (Å²) >= 11 is 1.28. The number of rotatable bonds is 3. The van der Waals surface area contributed by atoms with Crippen LogP contribution in [0.25, 0.3) is 0 Å². The molecule has 3 heterocycles. The molecule has 28 heavy (non-hydrogen) atoms. The van der Waals surface area contributed by atoms with Crippen LogP contribution in [0.4, 0.5) is 13.9 Å². The van der Waals surface area contributed by atoms with Crippen LogP contribution in [0.1, 0.15) is 31.4 Å². The van der Waals surface area contributed by atoms with Crippen LogP contribution in [0.15, 0.2) is 42.6 Å². The molecule has 3 aromatic rings. The van der Waals surface area contributed by atoms with Gasteiger partial charge < -0.3 is 4.90 Å². The molecule has 0 atom stereocenters. The fourth-order valence-corrected chi connectivity index (χ4v) is 3.91. The lowest BCUT2D eigenvalue weighted by Crippen LogP contribution is -2.35. The molecule has 9 heteroatoms. The standard InChI is InChI=1S/C19H14F2N4O2S/c20-12-5-4-11(9-13(12)21)18(27)25-8-6-14-16(10-25)28-19(23-14)24-17(26)15-3-1-2-7-22-15/h1-5,7,9H,6,8,10H2,(H,23,24,26). The summed E-state index contributed by atoms with van der Waals surface area (Å²) in [4.78, 5) is 35.6. The molecule has 0 radical (unpaired) electrons. The van der Waals surface area contributed by atoms with E-state index in [-0.39, 0.29) is 23.1 Å². The Morgan fingerprint density at radius 2 is 2.00 bits per heavy atom. The number of pyridine rings is 1. The Balaban J connectivity index is 1.48. The van der Waals surface area contributed by atoms with Gasteiger partial charge in [-0.1, -0.05) is 17.4 Å². The largest absolute Gasteiger partial charge is 0.333 e. The molecule has 4 rings (SSSR count). The molecule has 1 aliphatic heterocycles. The van der Waals surface area contributed by atoms with Crippen LogP contribution in [0.5, 0.6) is 0 Å². The molecule has 1 N–H and O–H groups in total. The van der Waals surface area contributed by atoms with E-state index in [2.05, 4.69) is 15.3 Å². The lowest BCUT2D eigenvalue weighted by Gasteiger charge is -2.26. The highest BCUT2D eigenvalue weighted by Gasteiger charge is 2.26. The molecule has 0 aliphatic carbocycles. The lowest BCUT2D eigenvalue weighted by atomic mass is 10.1. The summed E-state index contributed by atoms with van der Waals surface area (Å²) in [5.41, 5.74) is 1.19. The van der Waals surface area contributed by atoms with Crippen molar-refractivity contribution in [2.75, 3.05) is 11.9 Å². The Labute approximate surface area is 162 Å². The van der Waals surface area contributed by atoms with E-state index in [0.717, 1.165) is 22.7 Å². The van der Waals surface area contributed by atoms with E-state index in [0.29, 0.717) is 24.6 Å². The van der Waals surface area contributed by atoms with Gasteiger partial charge >= 0.3 is 0 Å². The number of carbonyl (C=O) groups is 2. The summed E-state index contributed by atoms with van der Waals surface area (Å²) in [5.74, 6) is -2.78. The number of amides is 2. The second kappa shape index (κ2) is 7.43. The van der Waals surface area contributed by atoms with Gasteiger partial charge in [-0.05, 0) is 30.3 Å². The summed E-state index contributed by atoms with van der Waals surface area (Å²) in [5, 5.41) is 3.15. The summed E-state index contributed by atoms with van der Waals surface area (Å²) in [7, 11) is 0. The van der Waals surface area contributed by atoms with Crippen molar-refractivity contribution in [1.29, 1.82) is 0 Å². The number of nitrogens with zero attached hydrogens (tertiary/aromatic N) is 3. The molecule has 6 nitrogen and oxygen atoms in total. The van der Waals surface area contributed by atoms with Crippen molar-refractivity contribution in [2.45, 2.75) is 13.0 Å². The van der Waals surface area contributed by atoms with Crippen LogP contribution in [-0.4, -0.2) is 33.2 Å². The number of fused-ring (bicyclic) bond motifs is 1. The van der Waals surface area contributed by atoms with Gasteiger partial charge in [-0.2, -0.15) is 0 Å². The highest BCUT2D eigenvalue weighted by Crippen LogP contribution is 2.29. The summed E-state index contributed by atoms with van der Waals surface area (Å²) < 4.78 is 26.5. The topological polar surface area (TPSA) is 75.2 Å². The Hall–Kier alpha value is -3.20. The van der Waals surface area contributed by atoms with Crippen molar-refractivity contribution in [3.8, 4) is 0 Å². The molecule has 0 spiro atoms. The fourth-order valence-electron chi connectivity index (χ4n) is 2.89. The SMILES string of the molecule is O=C(Nc1nc2c(s1)CN(C(=O)c1ccc(F)c(F)c1)CC2)c1ccccn1. The first-order chi connectivity index (χ1) is 13.5. The number of halogens is 2. The van der Waals surface area contributed by atoms with E-state index in [9.17, 15) is 18.4 Å². The second-order valence-corrected chi connectivity index (χ2v) is 7.25. The quantitative estimate of drug-likeness (QED) is 0.732. The molecule has 142 valence electrons. The number of nitrogens with one attached hydrogen (secondary N) is 1. The molecular formula is C19H14F2N4O2S. The Morgan fingerprint density at radius 3 is 2.75 bits per heavy atom. The van der Waals surface area contributed by atoms with Crippen molar-refractivity contribution in [3.63, 3.8) is 0 Å². The van der Waals surface area contributed by atoms with E-state index in [1.807, 2.05) is 0 Å². The van der Waals surface area contributed by atoms with Crippen molar-refractivity contribution in [2.24, 2.45) is 0 Å². The number of benzene rings is 1. The lowest BCUT2D eigenvalue weighted by molar-refractivity contribution is 0.0735. The molecule has 0 bridgehead atoms. The van der Waals surface area contributed by atoms with Crippen LogP contribution < -0.4 is 5.32 Å². The summed E-state index contributed by atoms with van der Waals surface area (Å²) in [6, 6.07) is 8.15. The number of hydrogen-bond acceptors (Lipinski definition) is 5. The predicted octanol–water partition coefficient (Wildman–Crippen LogP) is 3.27. The molecule has 2 amide bonds. The zero-order chi connectivity index (χ0) is 19.7. The third-order valence-electron chi connectivity index (χ3n) is 4.30. The molecule has 0 saturated carbocycles. The van der Waals surface area contributed by atoms with E-state index in [1.54, 1.807) is 23.1 Å². The van der Waals surface area contributed by atoms with Gasteiger partial charge in [0, 0.05) is 29.6 Å². The molecule has 1 aliphatic rings. The Morgan fingerprint density at radius 1 is 1.14 bits per heavy atom. The van der Waals surface area contributed by atoms with E-state index >= 15 is 0 Å². The number of carbonyl (C=O) groups excluding carboxylic acids is 2. The third-order valence-corrected chi connectivity index (χ3v) is 5.30. The van der Waals surface area contributed by atoms with E-state index in [1.165, 1.54) is 23.6 Å². The Bertz CT molecular complexity index is 1060. The summed E-state index contributed by atoms with van der Waals surface area (Å²) in [6.45, 7) is 0.701. The smallest absolute Gasteiger partial charge is 0.276 e. The van der Waals surface area contributed by atoms with E-state index < -0.39 is 11.6 Å². The van der Waals surface area contributed by atoms with Crippen molar-refractivity contribution in [3.05, 3.63) is 76.1 Å². The van der Waals surface area contributed by atoms with Crippen LogP contribution in [0, 0.1) is 11.6 Å². The maximum atomic E-state index is 13.4. The van der Waals surface area contributed by atoms with Crippen LogP contribution >= 0.6 is 11.3 Å². The van der Waals surface area contributed by atoms with Gasteiger partial charge in [0.2, 0.25) is 0 Å². The average molecular weight is 400 g/mol. The van der Waals surface area contributed by atoms with Gasteiger partial charge in [0.1, 0.15) is 5.69 Å². The summed E-state index contributed by atoms with van der Waals surface area (Å²) in [6.07, 6.45) is 2.05. The average Bonchev–Trinajstić information content (AvgIpc) is 3.11. The van der Waals surface area contributed by atoms with Gasteiger partial charge in [0.15, 0.2) is 16.8 Å². The van der Waals surface area contributed by atoms with Crippen LogP contribution in [0.2, 0.25) is 0 Å². The minimum atomic E-state index is -1.05. The van der Waals surface area contributed by atoms with Crippen LogP contribution in [0.3, 0.4) is 0 Å². The third kappa shape index (κ3) is 3.61. The van der Waals surface area contributed by atoms with Gasteiger partial charge in [0.05, 0.1) is 12.2 Å². The van der Waals surface area contributed by atoms with Gasteiger partial charge in [-0.15, -0.1) is 0 Å². The zero-order valence-electron chi connectivity index (χ0n) is 14.5. The normalized spacial score (nSPS) is 13.1. The first-order valence-corrected chi connectivity index (χ1v) is 9.28. The van der Waals surface area contributed by atoms with Crippen molar-refractivity contribution in [1.82, 2.24) is 14.9 Å². The van der Waals surface area contributed by atoms with Gasteiger partial charge in [0.25, 0.3) is 11.8 Å². The maximum absolute atomic E-state index is 13.4. The zero-order valence-corrected chi connectivity index (χ0v) is 15.3. The predicted molar refractivity (Wildman–Crippen MR) is 99.1 cm³/mol. The molecule has 0 saturated heterocycles. The van der Waals surface area contributed by atoms with Gasteiger partial charge in [-0.25, -0.2) is 13.8 Å². The van der Waals surface area contributed by atoms with Crippen molar-refractivity contribution < 1.29 is 18.4 Å². The molecule has 0 unspecified atom stereocenters. The highest BCUT2D eigenvalue weighted by atomic mass is 32.1. The highest BCUT2D eigenvalue weighted by molar-refractivity contribution is 7.15. The molecule has 2 aromatic heterocycles. The first kappa shape index (κ1) is 18.2. The number of hydrogen-bond donors (Lipinski definition) is 1.